The Bertz CT molecular complexity index is 187. The maximum atomic E-state index is 11.2. The summed E-state index contributed by atoms with van der Waals surface area (Å²) in [5.74, 6) is 1.15. The van der Waals surface area contributed by atoms with Crippen LogP contribution in [-0.4, -0.2) is 49.1 Å². The van der Waals surface area contributed by atoms with Crippen LogP contribution in [0.2, 0.25) is 0 Å². The zero-order valence-electron chi connectivity index (χ0n) is 8.99. The maximum absolute atomic E-state index is 11.2. The van der Waals surface area contributed by atoms with Gasteiger partial charge < -0.3 is 4.74 Å². The van der Waals surface area contributed by atoms with Crippen LogP contribution in [0.3, 0.4) is 0 Å². The second-order valence-electron chi connectivity index (χ2n) is 3.56. The van der Waals surface area contributed by atoms with Gasteiger partial charge >= 0.3 is 5.97 Å². The van der Waals surface area contributed by atoms with Crippen molar-refractivity contribution < 1.29 is 9.53 Å². The van der Waals surface area contributed by atoms with Crippen molar-refractivity contribution in [2.75, 3.05) is 32.2 Å². The van der Waals surface area contributed by atoms with Gasteiger partial charge in [-0.3, -0.25) is 9.69 Å². The Morgan fingerprint density at radius 3 is 2.86 bits per heavy atom. The first-order chi connectivity index (χ1) is 6.79. The molecule has 0 bridgehead atoms. The average Bonchev–Trinajstić information content (AvgIpc) is 2.15. The average molecular weight is 217 g/mol. The number of likely N-dealkylation sites (tertiary alicyclic amines) is 1. The highest BCUT2D eigenvalue weighted by molar-refractivity contribution is 7.98. The molecule has 1 aliphatic heterocycles. The van der Waals surface area contributed by atoms with Crippen molar-refractivity contribution in [3.8, 4) is 0 Å². The number of esters is 1. The summed E-state index contributed by atoms with van der Waals surface area (Å²) in [6, 6.07) is 0.0503. The molecule has 0 radical (unpaired) electrons. The molecule has 4 heteroatoms. The summed E-state index contributed by atoms with van der Waals surface area (Å²) in [6.07, 6.45) is 5.52. The molecular formula is C10H19NO2S. The zero-order chi connectivity index (χ0) is 10.4. The van der Waals surface area contributed by atoms with Crippen molar-refractivity contribution >= 4 is 17.7 Å². The van der Waals surface area contributed by atoms with Crippen LogP contribution in [-0.2, 0) is 9.53 Å². The SMILES string of the molecule is COC(=O)C1CCN1CCCCSC. The van der Waals surface area contributed by atoms with Crippen molar-refractivity contribution in [1.29, 1.82) is 0 Å². The first-order valence-electron chi connectivity index (χ1n) is 5.10. The molecule has 1 unspecified atom stereocenters. The van der Waals surface area contributed by atoms with Crippen LogP contribution in [0.5, 0.6) is 0 Å². The third-order valence-electron chi connectivity index (χ3n) is 2.65. The van der Waals surface area contributed by atoms with E-state index in [9.17, 15) is 4.79 Å². The molecule has 1 saturated heterocycles. The number of unbranched alkanes of at least 4 members (excludes halogenated alkanes) is 1. The van der Waals surface area contributed by atoms with Gasteiger partial charge in [0.1, 0.15) is 6.04 Å². The minimum atomic E-state index is -0.0684. The lowest BCUT2D eigenvalue weighted by atomic mass is 10.0. The van der Waals surface area contributed by atoms with E-state index in [1.165, 1.54) is 25.7 Å². The highest BCUT2D eigenvalue weighted by atomic mass is 32.2. The molecule has 0 spiro atoms. The molecule has 0 aromatic rings. The third kappa shape index (κ3) is 3.17. The van der Waals surface area contributed by atoms with Crippen molar-refractivity contribution in [3.63, 3.8) is 0 Å². The minimum absolute atomic E-state index is 0.0503. The molecule has 1 rings (SSSR count). The van der Waals surface area contributed by atoms with Crippen LogP contribution in [0.1, 0.15) is 19.3 Å². The van der Waals surface area contributed by atoms with Crippen LogP contribution in [0, 0.1) is 0 Å². The summed E-state index contributed by atoms with van der Waals surface area (Å²) in [7, 11) is 1.46. The molecule has 1 heterocycles. The van der Waals surface area contributed by atoms with Gasteiger partial charge in [0.25, 0.3) is 0 Å². The molecule has 1 aliphatic rings. The molecule has 14 heavy (non-hydrogen) atoms. The molecular weight excluding hydrogens is 198 g/mol. The fourth-order valence-electron chi connectivity index (χ4n) is 1.67. The first kappa shape index (κ1) is 11.9. The molecule has 0 saturated carbocycles. The van der Waals surface area contributed by atoms with E-state index < -0.39 is 0 Å². The third-order valence-corrected chi connectivity index (χ3v) is 3.34. The number of hydrogen-bond acceptors (Lipinski definition) is 4. The Morgan fingerprint density at radius 1 is 1.57 bits per heavy atom. The van der Waals surface area contributed by atoms with Gasteiger partial charge in [-0.25, -0.2) is 0 Å². The van der Waals surface area contributed by atoms with Gasteiger partial charge in [-0.1, -0.05) is 0 Å². The lowest BCUT2D eigenvalue weighted by Crippen LogP contribution is -2.52. The van der Waals surface area contributed by atoms with Crippen LogP contribution in [0.15, 0.2) is 0 Å². The van der Waals surface area contributed by atoms with E-state index in [2.05, 4.69) is 11.2 Å². The van der Waals surface area contributed by atoms with Crippen molar-refractivity contribution in [2.45, 2.75) is 25.3 Å². The minimum Gasteiger partial charge on any atom is -0.468 e. The summed E-state index contributed by atoms with van der Waals surface area (Å²) in [4.78, 5) is 13.4. The van der Waals surface area contributed by atoms with E-state index in [0.717, 1.165) is 19.5 Å². The number of carbonyl (C=O) groups is 1. The van der Waals surface area contributed by atoms with Crippen LogP contribution in [0.4, 0.5) is 0 Å². The highest BCUT2D eigenvalue weighted by Crippen LogP contribution is 2.19. The molecule has 0 aromatic carbocycles. The quantitative estimate of drug-likeness (QED) is 0.496. The number of carbonyl (C=O) groups excluding carboxylic acids is 1. The number of thioether (sulfide) groups is 1. The monoisotopic (exact) mass is 217 g/mol. The molecule has 0 aliphatic carbocycles. The fourth-order valence-corrected chi connectivity index (χ4v) is 2.17. The van der Waals surface area contributed by atoms with Gasteiger partial charge in [0.2, 0.25) is 0 Å². The molecule has 1 atom stereocenters. The maximum Gasteiger partial charge on any atom is 0.323 e. The van der Waals surface area contributed by atoms with Gasteiger partial charge in [0, 0.05) is 6.54 Å². The molecule has 0 aromatic heterocycles. The van der Waals surface area contributed by atoms with E-state index in [1.807, 2.05) is 11.8 Å². The number of rotatable bonds is 6. The standard InChI is InChI=1S/C10H19NO2S/c1-13-10(12)9-5-7-11(9)6-3-4-8-14-2/h9H,3-8H2,1-2H3. The van der Waals surface area contributed by atoms with E-state index >= 15 is 0 Å². The smallest absolute Gasteiger partial charge is 0.323 e. The largest absolute Gasteiger partial charge is 0.468 e. The first-order valence-corrected chi connectivity index (χ1v) is 6.49. The van der Waals surface area contributed by atoms with E-state index in [0.29, 0.717) is 0 Å². The lowest BCUT2D eigenvalue weighted by molar-refractivity contribution is -0.151. The normalized spacial score (nSPS) is 21.7. The summed E-state index contributed by atoms with van der Waals surface area (Å²) in [5, 5.41) is 0. The van der Waals surface area contributed by atoms with Gasteiger partial charge in [-0.2, -0.15) is 11.8 Å². The summed E-state index contributed by atoms with van der Waals surface area (Å²) in [5.41, 5.74) is 0. The van der Waals surface area contributed by atoms with E-state index in [4.69, 9.17) is 4.74 Å². The summed E-state index contributed by atoms with van der Waals surface area (Å²) < 4.78 is 4.73. The molecule has 1 fully saturated rings. The van der Waals surface area contributed by atoms with Gasteiger partial charge in [0.05, 0.1) is 7.11 Å². The Hall–Kier alpha value is -0.220. The van der Waals surface area contributed by atoms with Gasteiger partial charge in [0.15, 0.2) is 0 Å². The summed E-state index contributed by atoms with van der Waals surface area (Å²) in [6.45, 7) is 2.10. The van der Waals surface area contributed by atoms with Gasteiger partial charge in [-0.15, -0.1) is 0 Å². The van der Waals surface area contributed by atoms with Crippen LogP contribution >= 0.6 is 11.8 Å². The van der Waals surface area contributed by atoms with Gasteiger partial charge in [-0.05, 0) is 37.8 Å². The van der Waals surface area contributed by atoms with E-state index in [-0.39, 0.29) is 12.0 Å². The molecule has 3 nitrogen and oxygen atoms in total. The predicted molar refractivity (Wildman–Crippen MR) is 59.6 cm³/mol. The van der Waals surface area contributed by atoms with Crippen LogP contribution in [0.25, 0.3) is 0 Å². The van der Waals surface area contributed by atoms with Crippen molar-refractivity contribution in [3.05, 3.63) is 0 Å². The number of methoxy groups -OCH3 is 1. The Labute approximate surface area is 90.2 Å². The molecule has 82 valence electrons. The molecule has 0 amide bonds. The van der Waals surface area contributed by atoms with Crippen molar-refractivity contribution in [1.82, 2.24) is 4.90 Å². The van der Waals surface area contributed by atoms with E-state index in [1.54, 1.807) is 0 Å². The number of hydrogen-bond donors (Lipinski definition) is 0. The van der Waals surface area contributed by atoms with Crippen LogP contribution < -0.4 is 0 Å². The summed E-state index contributed by atoms with van der Waals surface area (Å²) >= 11 is 1.88. The topological polar surface area (TPSA) is 29.5 Å². The second kappa shape index (κ2) is 6.30. The second-order valence-corrected chi connectivity index (χ2v) is 4.55. The Morgan fingerprint density at radius 2 is 2.36 bits per heavy atom. The molecule has 0 N–H and O–H groups in total. The fraction of sp³-hybridized carbons (Fsp3) is 0.900. The highest BCUT2D eigenvalue weighted by Gasteiger charge is 2.33. The Kier molecular flexibility index (Phi) is 5.33. The Balaban J connectivity index is 2.10. The predicted octanol–water partition coefficient (Wildman–Crippen LogP) is 1.38. The zero-order valence-corrected chi connectivity index (χ0v) is 9.81. The number of nitrogens with zero attached hydrogens (tertiary/aromatic N) is 1. The number of ether oxygens (including phenoxy) is 1. The lowest BCUT2D eigenvalue weighted by Gasteiger charge is -2.38. The van der Waals surface area contributed by atoms with Crippen molar-refractivity contribution in [2.24, 2.45) is 0 Å².